The lowest BCUT2D eigenvalue weighted by atomic mass is 10.3. The van der Waals surface area contributed by atoms with Crippen molar-refractivity contribution in [3.8, 4) is 0 Å². The molecule has 136 valence electrons. The van der Waals surface area contributed by atoms with Crippen LogP contribution in [0, 0.1) is 0 Å². The predicted molar refractivity (Wildman–Crippen MR) is 116 cm³/mol. The summed E-state index contributed by atoms with van der Waals surface area (Å²) in [6, 6.07) is 23.1. The van der Waals surface area contributed by atoms with Gasteiger partial charge in [-0.3, -0.25) is 0 Å². The van der Waals surface area contributed by atoms with Gasteiger partial charge in [0.05, 0.1) is 0 Å². The molecular formula is C20H32N2OSi2. The van der Waals surface area contributed by atoms with Crippen LogP contribution in [0.15, 0.2) is 60.7 Å². The lowest BCUT2D eigenvalue weighted by molar-refractivity contribution is 0.539. The molecule has 0 heterocycles. The first-order valence-electron chi connectivity index (χ1n) is 9.14. The largest absolute Gasteiger partial charge is 0.455 e. The molecule has 0 aliphatic rings. The summed E-state index contributed by atoms with van der Waals surface area (Å²) in [6.07, 6.45) is 0. The first-order valence-corrected chi connectivity index (χ1v) is 15.4. The van der Waals surface area contributed by atoms with E-state index in [4.69, 9.17) is 4.12 Å². The summed E-state index contributed by atoms with van der Waals surface area (Å²) in [4.78, 5) is 0. The highest BCUT2D eigenvalue weighted by atomic mass is 28.4. The second-order valence-corrected chi connectivity index (χ2v) is 16.6. The smallest absolute Gasteiger partial charge is 0.175 e. The molecule has 0 fully saturated rings. The van der Waals surface area contributed by atoms with Gasteiger partial charge in [-0.05, 0) is 62.5 Å². The van der Waals surface area contributed by atoms with Gasteiger partial charge < -0.3 is 14.7 Å². The Balaban J connectivity index is 1.73. The predicted octanol–water partition coefficient (Wildman–Crippen LogP) is 5.64. The van der Waals surface area contributed by atoms with Crippen LogP contribution in [0.25, 0.3) is 0 Å². The van der Waals surface area contributed by atoms with Gasteiger partial charge in [0.15, 0.2) is 16.6 Å². The second-order valence-electron chi connectivity index (χ2n) is 7.71. The van der Waals surface area contributed by atoms with E-state index >= 15 is 0 Å². The number of para-hydroxylation sites is 2. The number of anilines is 2. The molecule has 0 aliphatic heterocycles. The molecule has 5 heteroatoms. The van der Waals surface area contributed by atoms with Gasteiger partial charge in [0.25, 0.3) is 0 Å². The van der Waals surface area contributed by atoms with Crippen molar-refractivity contribution in [1.82, 2.24) is 0 Å². The van der Waals surface area contributed by atoms with E-state index in [1.165, 1.54) is 11.4 Å². The lowest BCUT2D eigenvalue weighted by Gasteiger charge is -2.34. The maximum Gasteiger partial charge on any atom is 0.175 e. The molecule has 2 N–H and O–H groups in total. The van der Waals surface area contributed by atoms with Crippen molar-refractivity contribution in [2.24, 2.45) is 0 Å². The van der Waals surface area contributed by atoms with E-state index in [2.05, 4.69) is 85.4 Å². The zero-order valence-corrected chi connectivity index (χ0v) is 18.0. The van der Waals surface area contributed by atoms with Crippen molar-refractivity contribution in [2.75, 3.05) is 23.7 Å². The fourth-order valence-electron chi connectivity index (χ4n) is 2.98. The Kier molecular flexibility index (Phi) is 7.29. The van der Waals surface area contributed by atoms with Crippen molar-refractivity contribution in [2.45, 2.75) is 38.3 Å². The van der Waals surface area contributed by atoms with Crippen molar-refractivity contribution in [3.63, 3.8) is 0 Å². The van der Waals surface area contributed by atoms with Crippen LogP contribution in [0.4, 0.5) is 11.4 Å². The van der Waals surface area contributed by atoms with Gasteiger partial charge in [-0.15, -0.1) is 0 Å². The van der Waals surface area contributed by atoms with Crippen LogP contribution in [0.2, 0.25) is 38.3 Å². The minimum atomic E-state index is -1.65. The SMILES string of the molecule is C[Si](C)(CCNc1ccccc1)O[Si](C)(C)CCNc1ccccc1. The molecule has 0 bridgehead atoms. The van der Waals surface area contributed by atoms with E-state index in [1.807, 2.05) is 12.1 Å². The van der Waals surface area contributed by atoms with Gasteiger partial charge in [-0.1, -0.05) is 36.4 Å². The summed E-state index contributed by atoms with van der Waals surface area (Å²) in [6.45, 7) is 11.3. The Morgan fingerprint density at radius 3 is 1.36 bits per heavy atom. The quantitative estimate of drug-likeness (QED) is 0.530. The summed E-state index contributed by atoms with van der Waals surface area (Å²) in [5, 5.41) is 7.02. The zero-order valence-electron chi connectivity index (χ0n) is 16.0. The van der Waals surface area contributed by atoms with E-state index in [9.17, 15) is 0 Å². The Morgan fingerprint density at radius 2 is 1.00 bits per heavy atom. The van der Waals surface area contributed by atoms with E-state index in [-0.39, 0.29) is 0 Å². The second kappa shape index (κ2) is 9.22. The maximum absolute atomic E-state index is 6.70. The van der Waals surface area contributed by atoms with Crippen molar-refractivity contribution in [1.29, 1.82) is 0 Å². The molecule has 25 heavy (non-hydrogen) atoms. The Bertz CT molecular complexity index is 563. The summed E-state index contributed by atoms with van der Waals surface area (Å²) in [5.74, 6) is 0. The molecule has 0 unspecified atom stereocenters. The molecule has 0 spiro atoms. The molecule has 0 amide bonds. The highest BCUT2D eigenvalue weighted by molar-refractivity contribution is 6.84. The van der Waals surface area contributed by atoms with Gasteiger partial charge >= 0.3 is 0 Å². The summed E-state index contributed by atoms with van der Waals surface area (Å²) in [5.41, 5.74) is 2.38. The monoisotopic (exact) mass is 372 g/mol. The number of hydrogen-bond acceptors (Lipinski definition) is 3. The number of rotatable bonds is 10. The Morgan fingerprint density at radius 1 is 0.640 bits per heavy atom. The zero-order chi connectivity index (χ0) is 18.2. The maximum atomic E-state index is 6.70. The molecule has 2 rings (SSSR count). The lowest BCUT2D eigenvalue weighted by Crippen LogP contribution is -2.45. The van der Waals surface area contributed by atoms with E-state index in [1.54, 1.807) is 0 Å². The van der Waals surface area contributed by atoms with Crippen molar-refractivity contribution >= 4 is 28.0 Å². The molecular weight excluding hydrogens is 340 g/mol. The van der Waals surface area contributed by atoms with Crippen LogP contribution in [0.5, 0.6) is 0 Å². The van der Waals surface area contributed by atoms with Gasteiger partial charge in [-0.25, -0.2) is 0 Å². The summed E-state index contributed by atoms with van der Waals surface area (Å²) < 4.78 is 6.70. The molecule has 0 radical (unpaired) electrons. The van der Waals surface area contributed by atoms with Gasteiger partial charge in [-0.2, -0.15) is 0 Å². The molecule has 2 aromatic rings. The van der Waals surface area contributed by atoms with Crippen LogP contribution in [0.3, 0.4) is 0 Å². The third kappa shape index (κ3) is 7.90. The van der Waals surface area contributed by atoms with Crippen molar-refractivity contribution in [3.05, 3.63) is 60.7 Å². The molecule has 2 aromatic carbocycles. The molecule has 3 nitrogen and oxygen atoms in total. The Labute approximate surface area is 155 Å². The third-order valence-corrected chi connectivity index (χ3v) is 11.5. The molecule has 0 aromatic heterocycles. The fourth-order valence-corrected chi connectivity index (χ4v) is 11.2. The topological polar surface area (TPSA) is 33.3 Å². The van der Waals surface area contributed by atoms with E-state index in [0.29, 0.717) is 0 Å². The highest BCUT2D eigenvalue weighted by Gasteiger charge is 2.32. The third-order valence-electron chi connectivity index (χ3n) is 4.21. The average molecular weight is 373 g/mol. The molecule has 0 saturated carbocycles. The molecule has 0 aliphatic carbocycles. The first-order chi connectivity index (χ1) is 11.9. The molecule has 0 saturated heterocycles. The van der Waals surface area contributed by atoms with E-state index in [0.717, 1.165) is 25.2 Å². The van der Waals surface area contributed by atoms with Gasteiger partial charge in [0.2, 0.25) is 0 Å². The van der Waals surface area contributed by atoms with E-state index < -0.39 is 16.6 Å². The van der Waals surface area contributed by atoms with Gasteiger partial charge in [0, 0.05) is 24.5 Å². The normalized spacial score (nSPS) is 12.0. The van der Waals surface area contributed by atoms with Crippen LogP contribution in [-0.2, 0) is 4.12 Å². The summed E-state index contributed by atoms with van der Waals surface area (Å²) >= 11 is 0. The molecule has 0 atom stereocenters. The van der Waals surface area contributed by atoms with Gasteiger partial charge in [0.1, 0.15) is 0 Å². The highest BCUT2D eigenvalue weighted by Crippen LogP contribution is 2.22. The summed E-state index contributed by atoms with van der Waals surface area (Å²) in [7, 11) is -3.30. The first kappa shape index (κ1) is 19.8. The minimum Gasteiger partial charge on any atom is -0.455 e. The number of benzene rings is 2. The Hall–Kier alpha value is -1.57. The average Bonchev–Trinajstić information content (AvgIpc) is 2.55. The fraction of sp³-hybridized carbons (Fsp3) is 0.400. The number of nitrogens with one attached hydrogen (secondary N) is 2. The number of hydrogen-bond donors (Lipinski definition) is 2. The standard InChI is InChI=1S/C20H32N2OSi2/c1-24(2,17-15-21-19-11-7-5-8-12-19)23-25(3,4)18-16-22-20-13-9-6-10-14-20/h5-14,21-22H,15-18H2,1-4H3. The minimum absolute atomic E-state index is 0.982. The van der Waals surface area contributed by atoms with Crippen LogP contribution >= 0.6 is 0 Å². The van der Waals surface area contributed by atoms with Crippen molar-refractivity contribution < 1.29 is 4.12 Å². The van der Waals surface area contributed by atoms with Crippen LogP contribution in [0.1, 0.15) is 0 Å². The van der Waals surface area contributed by atoms with Crippen LogP contribution < -0.4 is 10.6 Å². The van der Waals surface area contributed by atoms with Crippen LogP contribution in [-0.4, -0.2) is 29.7 Å².